The van der Waals surface area contributed by atoms with E-state index in [9.17, 15) is 0 Å². The Morgan fingerprint density at radius 3 is 2.78 bits per heavy atom. The molecule has 2 nitrogen and oxygen atoms in total. The van der Waals surface area contributed by atoms with Crippen molar-refractivity contribution in [2.24, 2.45) is 5.92 Å². The number of nitrogens with one attached hydrogen (secondary N) is 1. The molecule has 0 amide bonds. The lowest BCUT2D eigenvalue weighted by Gasteiger charge is -2.40. The highest BCUT2D eigenvalue weighted by Crippen LogP contribution is 2.37. The van der Waals surface area contributed by atoms with E-state index >= 15 is 0 Å². The highest BCUT2D eigenvalue weighted by atomic mass is 16.5. The standard InChI is InChI=1S/C16H25NO/c1-13(2)12-16(9-4-5-10-17-16)14-7-6-8-15(11-14)18-3/h6-8,11,13,17H,4-5,9-10,12H2,1-3H3. The first-order valence-electron chi connectivity index (χ1n) is 7.06. The van der Waals surface area contributed by atoms with Gasteiger partial charge in [0.1, 0.15) is 5.75 Å². The van der Waals surface area contributed by atoms with Crippen molar-refractivity contribution in [1.82, 2.24) is 5.32 Å². The lowest BCUT2D eigenvalue weighted by atomic mass is 9.76. The third kappa shape index (κ3) is 2.86. The van der Waals surface area contributed by atoms with Crippen LogP contribution in [0.1, 0.15) is 45.1 Å². The maximum absolute atomic E-state index is 5.37. The lowest BCUT2D eigenvalue weighted by molar-refractivity contribution is 0.213. The molecule has 0 spiro atoms. The number of ether oxygens (including phenoxy) is 1. The van der Waals surface area contributed by atoms with E-state index in [1.54, 1.807) is 7.11 Å². The van der Waals surface area contributed by atoms with Gasteiger partial charge in [-0.25, -0.2) is 0 Å². The van der Waals surface area contributed by atoms with E-state index in [2.05, 4.69) is 37.4 Å². The van der Waals surface area contributed by atoms with Gasteiger partial charge in [-0.1, -0.05) is 32.4 Å². The van der Waals surface area contributed by atoms with Gasteiger partial charge in [0.25, 0.3) is 0 Å². The molecule has 0 bridgehead atoms. The molecule has 1 heterocycles. The van der Waals surface area contributed by atoms with E-state index < -0.39 is 0 Å². The first-order chi connectivity index (χ1) is 8.66. The monoisotopic (exact) mass is 247 g/mol. The SMILES string of the molecule is COc1cccc(C2(CC(C)C)CCCCN2)c1. The summed E-state index contributed by atoms with van der Waals surface area (Å²) in [6, 6.07) is 8.56. The van der Waals surface area contributed by atoms with Crippen LogP contribution in [0.25, 0.3) is 0 Å². The number of benzene rings is 1. The fourth-order valence-corrected chi connectivity index (χ4v) is 3.12. The van der Waals surface area contributed by atoms with Crippen LogP contribution in [0.15, 0.2) is 24.3 Å². The zero-order valence-electron chi connectivity index (χ0n) is 11.8. The van der Waals surface area contributed by atoms with Crippen molar-refractivity contribution >= 4 is 0 Å². The van der Waals surface area contributed by atoms with Crippen molar-refractivity contribution < 1.29 is 4.74 Å². The Morgan fingerprint density at radius 2 is 2.17 bits per heavy atom. The van der Waals surface area contributed by atoms with Crippen LogP contribution in [-0.4, -0.2) is 13.7 Å². The van der Waals surface area contributed by atoms with Crippen molar-refractivity contribution in [2.45, 2.75) is 45.1 Å². The van der Waals surface area contributed by atoms with Gasteiger partial charge in [-0.15, -0.1) is 0 Å². The van der Waals surface area contributed by atoms with E-state index in [1.165, 1.54) is 31.2 Å². The average Bonchev–Trinajstić information content (AvgIpc) is 2.39. The van der Waals surface area contributed by atoms with Crippen molar-refractivity contribution in [3.63, 3.8) is 0 Å². The van der Waals surface area contributed by atoms with Crippen LogP contribution in [0.2, 0.25) is 0 Å². The fourth-order valence-electron chi connectivity index (χ4n) is 3.12. The summed E-state index contributed by atoms with van der Waals surface area (Å²) >= 11 is 0. The molecule has 1 aliphatic heterocycles. The molecule has 1 aromatic carbocycles. The molecule has 1 saturated heterocycles. The Balaban J connectivity index is 2.32. The molecule has 18 heavy (non-hydrogen) atoms. The quantitative estimate of drug-likeness (QED) is 0.875. The number of hydrogen-bond acceptors (Lipinski definition) is 2. The number of piperidine rings is 1. The molecule has 1 aromatic rings. The van der Waals surface area contributed by atoms with Gasteiger partial charge in [0.05, 0.1) is 7.11 Å². The number of methoxy groups -OCH3 is 1. The van der Waals surface area contributed by atoms with Crippen LogP contribution in [0, 0.1) is 5.92 Å². The summed E-state index contributed by atoms with van der Waals surface area (Å²) in [5, 5.41) is 3.78. The van der Waals surface area contributed by atoms with Crippen LogP contribution < -0.4 is 10.1 Å². The van der Waals surface area contributed by atoms with Gasteiger partial charge in [0, 0.05) is 5.54 Å². The van der Waals surface area contributed by atoms with Gasteiger partial charge in [0.2, 0.25) is 0 Å². The molecular formula is C16H25NO. The van der Waals surface area contributed by atoms with Crippen molar-refractivity contribution in [3.8, 4) is 5.75 Å². The molecule has 0 saturated carbocycles. The van der Waals surface area contributed by atoms with Crippen LogP contribution in [0.5, 0.6) is 5.75 Å². The molecule has 100 valence electrons. The van der Waals surface area contributed by atoms with Crippen molar-refractivity contribution in [3.05, 3.63) is 29.8 Å². The van der Waals surface area contributed by atoms with Crippen molar-refractivity contribution in [1.29, 1.82) is 0 Å². The molecule has 1 unspecified atom stereocenters. The Morgan fingerprint density at radius 1 is 1.33 bits per heavy atom. The summed E-state index contributed by atoms with van der Waals surface area (Å²) in [7, 11) is 1.74. The maximum atomic E-state index is 5.37. The Hall–Kier alpha value is -1.02. The smallest absolute Gasteiger partial charge is 0.119 e. The van der Waals surface area contributed by atoms with Gasteiger partial charge in [-0.2, -0.15) is 0 Å². The largest absolute Gasteiger partial charge is 0.497 e. The summed E-state index contributed by atoms with van der Waals surface area (Å²) in [6.45, 7) is 5.74. The first kappa shape index (κ1) is 13.4. The minimum atomic E-state index is 0.154. The summed E-state index contributed by atoms with van der Waals surface area (Å²) in [6.07, 6.45) is 5.04. The first-order valence-corrected chi connectivity index (χ1v) is 7.06. The van der Waals surface area contributed by atoms with Gasteiger partial charge in [0.15, 0.2) is 0 Å². The van der Waals surface area contributed by atoms with Gasteiger partial charge in [-0.3, -0.25) is 0 Å². The van der Waals surface area contributed by atoms with E-state index in [4.69, 9.17) is 4.74 Å². The van der Waals surface area contributed by atoms with Crippen LogP contribution in [0.3, 0.4) is 0 Å². The number of hydrogen-bond donors (Lipinski definition) is 1. The Kier molecular flexibility index (Phi) is 4.28. The molecule has 1 fully saturated rings. The van der Waals surface area contributed by atoms with E-state index in [0.29, 0.717) is 5.92 Å². The van der Waals surface area contributed by atoms with Crippen molar-refractivity contribution in [2.75, 3.05) is 13.7 Å². The van der Waals surface area contributed by atoms with Crippen LogP contribution >= 0.6 is 0 Å². The third-order valence-electron chi connectivity index (χ3n) is 3.87. The normalized spacial score (nSPS) is 24.2. The number of rotatable bonds is 4. The second-order valence-corrected chi connectivity index (χ2v) is 5.80. The highest BCUT2D eigenvalue weighted by molar-refractivity contribution is 5.34. The van der Waals surface area contributed by atoms with Gasteiger partial charge < -0.3 is 10.1 Å². The molecule has 0 radical (unpaired) electrons. The van der Waals surface area contributed by atoms with Gasteiger partial charge >= 0.3 is 0 Å². The summed E-state index contributed by atoms with van der Waals surface area (Å²) in [5.74, 6) is 1.66. The average molecular weight is 247 g/mol. The minimum Gasteiger partial charge on any atom is -0.497 e. The minimum absolute atomic E-state index is 0.154. The zero-order valence-corrected chi connectivity index (χ0v) is 11.8. The molecule has 1 aliphatic rings. The molecule has 1 N–H and O–H groups in total. The molecule has 2 heteroatoms. The zero-order chi connectivity index (χ0) is 13.0. The predicted molar refractivity (Wildman–Crippen MR) is 76.0 cm³/mol. The van der Waals surface area contributed by atoms with Crippen LogP contribution in [0.4, 0.5) is 0 Å². The second-order valence-electron chi connectivity index (χ2n) is 5.80. The molecule has 0 aromatic heterocycles. The molecule has 2 rings (SSSR count). The summed E-state index contributed by atoms with van der Waals surface area (Å²) < 4.78 is 5.37. The van der Waals surface area contributed by atoms with E-state index in [-0.39, 0.29) is 5.54 Å². The fraction of sp³-hybridized carbons (Fsp3) is 0.625. The Bertz CT molecular complexity index is 380. The van der Waals surface area contributed by atoms with E-state index in [1.807, 2.05) is 6.07 Å². The van der Waals surface area contributed by atoms with E-state index in [0.717, 1.165) is 12.3 Å². The lowest BCUT2D eigenvalue weighted by Crippen LogP contribution is -2.46. The summed E-state index contributed by atoms with van der Waals surface area (Å²) in [5.41, 5.74) is 1.54. The second kappa shape index (κ2) is 5.75. The van der Waals surface area contributed by atoms with Crippen LogP contribution in [-0.2, 0) is 5.54 Å². The summed E-state index contributed by atoms with van der Waals surface area (Å²) in [4.78, 5) is 0. The highest BCUT2D eigenvalue weighted by Gasteiger charge is 2.34. The predicted octanol–water partition coefficient (Wildman–Crippen LogP) is 3.71. The third-order valence-corrected chi connectivity index (χ3v) is 3.87. The van der Waals surface area contributed by atoms with Gasteiger partial charge in [-0.05, 0) is 49.4 Å². The molecule has 1 atom stereocenters. The Labute approximate surface area is 111 Å². The topological polar surface area (TPSA) is 21.3 Å². The maximum Gasteiger partial charge on any atom is 0.119 e. The molecular weight excluding hydrogens is 222 g/mol. The molecule has 0 aliphatic carbocycles.